The number of carbonyl (C=O) groups is 2. The first kappa shape index (κ1) is 16.7. The highest BCUT2D eigenvalue weighted by Crippen LogP contribution is 2.13. The molecule has 0 aromatic heterocycles. The first-order valence-electron chi connectivity index (χ1n) is 6.63. The van der Waals surface area contributed by atoms with Crippen LogP contribution >= 0.6 is 0 Å². The summed E-state index contributed by atoms with van der Waals surface area (Å²) in [6.07, 6.45) is 0. The summed E-state index contributed by atoms with van der Waals surface area (Å²) in [4.78, 5) is 26.7. The molecule has 6 nitrogen and oxygen atoms in total. The highest BCUT2D eigenvalue weighted by atomic mass is 16.5. The summed E-state index contributed by atoms with van der Waals surface area (Å²) in [6.45, 7) is 2.47. The average molecular weight is 289 g/mol. The number of ether oxygens (including phenoxy) is 1. The minimum absolute atomic E-state index is 0.0291. The van der Waals surface area contributed by atoms with Gasteiger partial charge in [-0.15, -0.1) is 0 Å². The van der Waals surface area contributed by atoms with E-state index in [0.717, 1.165) is 0 Å². The maximum Gasteiger partial charge on any atom is 0.319 e. The van der Waals surface area contributed by atoms with Crippen LogP contribution in [0, 0.1) is 11.3 Å². The van der Waals surface area contributed by atoms with E-state index in [9.17, 15) is 9.59 Å². The van der Waals surface area contributed by atoms with Crippen LogP contribution in [-0.2, 0) is 14.3 Å². The maximum absolute atomic E-state index is 12.4. The van der Waals surface area contributed by atoms with Gasteiger partial charge in [0, 0.05) is 5.69 Å². The Kier molecular flexibility index (Phi) is 6.92. The van der Waals surface area contributed by atoms with Crippen molar-refractivity contribution < 1.29 is 14.3 Å². The second kappa shape index (κ2) is 8.72. The normalized spacial score (nSPS) is 10.0. The summed E-state index contributed by atoms with van der Waals surface area (Å²) in [5.74, 6) is -0.621. The largest absolute Gasteiger partial charge is 0.468 e. The van der Waals surface area contributed by atoms with Crippen molar-refractivity contribution in [3.05, 3.63) is 30.3 Å². The number of anilines is 1. The van der Waals surface area contributed by atoms with Crippen molar-refractivity contribution in [2.24, 2.45) is 0 Å². The SMILES string of the molecule is CCN(CC(=O)OC)CC(=O)N(CC#N)c1ccccc1. The van der Waals surface area contributed by atoms with Crippen molar-refractivity contribution in [2.75, 3.05) is 38.2 Å². The van der Waals surface area contributed by atoms with Gasteiger partial charge in [-0.05, 0) is 18.7 Å². The molecule has 0 saturated carbocycles. The lowest BCUT2D eigenvalue weighted by Crippen LogP contribution is -2.42. The zero-order valence-corrected chi connectivity index (χ0v) is 12.3. The molecule has 0 radical (unpaired) electrons. The Morgan fingerprint density at radius 1 is 1.24 bits per heavy atom. The van der Waals surface area contributed by atoms with E-state index in [0.29, 0.717) is 12.2 Å². The average Bonchev–Trinajstić information content (AvgIpc) is 2.52. The molecular formula is C15H19N3O3. The second-order valence-corrected chi connectivity index (χ2v) is 4.35. The molecule has 0 aliphatic carbocycles. The lowest BCUT2D eigenvalue weighted by atomic mass is 10.2. The van der Waals surface area contributed by atoms with Gasteiger partial charge >= 0.3 is 5.97 Å². The molecule has 1 aromatic carbocycles. The number of esters is 1. The molecule has 1 rings (SSSR count). The second-order valence-electron chi connectivity index (χ2n) is 4.35. The van der Waals surface area contributed by atoms with Crippen LogP contribution in [0.2, 0.25) is 0 Å². The summed E-state index contributed by atoms with van der Waals surface area (Å²) in [7, 11) is 1.31. The van der Waals surface area contributed by atoms with E-state index in [4.69, 9.17) is 5.26 Å². The Morgan fingerprint density at radius 3 is 2.43 bits per heavy atom. The number of methoxy groups -OCH3 is 1. The van der Waals surface area contributed by atoms with Crippen LogP contribution in [0.25, 0.3) is 0 Å². The fourth-order valence-electron chi connectivity index (χ4n) is 1.81. The van der Waals surface area contributed by atoms with Gasteiger partial charge in [-0.2, -0.15) is 5.26 Å². The molecule has 1 aromatic rings. The Bertz CT molecular complexity index is 511. The Hall–Kier alpha value is -2.39. The van der Waals surface area contributed by atoms with Gasteiger partial charge in [0.2, 0.25) is 5.91 Å². The third-order valence-electron chi connectivity index (χ3n) is 2.98. The Morgan fingerprint density at radius 2 is 1.90 bits per heavy atom. The number of para-hydroxylation sites is 1. The van der Waals surface area contributed by atoms with Crippen molar-refractivity contribution in [3.8, 4) is 6.07 Å². The van der Waals surface area contributed by atoms with E-state index < -0.39 is 5.97 Å². The first-order valence-corrected chi connectivity index (χ1v) is 6.63. The first-order chi connectivity index (χ1) is 10.1. The molecule has 0 heterocycles. The van der Waals surface area contributed by atoms with Gasteiger partial charge in [-0.3, -0.25) is 19.4 Å². The molecule has 0 bridgehead atoms. The smallest absolute Gasteiger partial charge is 0.319 e. The fourth-order valence-corrected chi connectivity index (χ4v) is 1.81. The summed E-state index contributed by atoms with van der Waals surface area (Å²) in [5.41, 5.74) is 0.665. The molecule has 0 unspecified atom stereocenters. The number of nitriles is 1. The van der Waals surface area contributed by atoms with Crippen molar-refractivity contribution in [3.63, 3.8) is 0 Å². The molecule has 0 saturated heterocycles. The predicted octanol–water partition coefficient (Wildman–Crippen LogP) is 1.04. The number of hydrogen-bond donors (Lipinski definition) is 0. The van der Waals surface area contributed by atoms with Gasteiger partial charge in [0.15, 0.2) is 0 Å². The van der Waals surface area contributed by atoms with Crippen LogP contribution in [0.3, 0.4) is 0 Å². The molecule has 0 N–H and O–H groups in total. The van der Waals surface area contributed by atoms with Crippen LogP contribution in [0.15, 0.2) is 30.3 Å². The summed E-state index contributed by atoms with van der Waals surface area (Å²) < 4.78 is 4.60. The van der Waals surface area contributed by atoms with E-state index in [-0.39, 0.29) is 25.5 Å². The molecule has 21 heavy (non-hydrogen) atoms. The molecule has 0 atom stereocenters. The number of carbonyl (C=O) groups excluding carboxylic acids is 2. The molecule has 1 amide bonds. The topological polar surface area (TPSA) is 73.6 Å². The number of likely N-dealkylation sites (N-methyl/N-ethyl adjacent to an activating group) is 1. The van der Waals surface area contributed by atoms with Crippen LogP contribution < -0.4 is 4.90 Å². The van der Waals surface area contributed by atoms with E-state index in [2.05, 4.69) is 4.74 Å². The maximum atomic E-state index is 12.4. The zero-order chi connectivity index (χ0) is 15.7. The molecule has 0 spiro atoms. The highest BCUT2D eigenvalue weighted by Gasteiger charge is 2.19. The Labute approximate surface area is 124 Å². The van der Waals surface area contributed by atoms with Gasteiger partial charge in [0.1, 0.15) is 6.54 Å². The zero-order valence-electron chi connectivity index (χ0n) is 12.3. The van der Waals surface area contributed by atoms with Crippen LogP contribution in [0.5, 0.6) is 0 Å². The monoisotopic (exact) mass is 289 g/mol. The lowest BCUT2D eigenvalue weighted by Gasteiger charge is -2.24. The lowest BCUT2D eigenvalue weighted by molar-refractivity contribution is -0.142. The Balaban J connectivity index is 2.77. The van der Waals surface area contributed by atoms with Crippen LogP contribution in [0.1, 0.15) is 6.92 Å². The fraction of sp³-hybridized carbons (Fsp3) is 0.400. The quantitative estimate of drug-likeness (QED) is 0.554. The third-order valence-corrected chi connectivity index (χ3v) is 2.98. The van der Waals surface area contributed by atoms with Gasteiger partial charge in [-0.1, -0.05) is 25.1 Å². The van der Waals surface area contributed by atoms with Crippen molar-refractivity contribution >= 4 is 17.6 Å². The van der Waals surface area contributed by atoms with Gasteiger partial charge in [0.05, 0.1) is 26.3 Å². The molecule has 0 fully saturated rings. The van der Waals surface area contributed by atoms with Gasteiger partial charge in [0.25, 0.3) is 0 Å². The number of nitrogens with zero attached hydrogens (tertiary/aromatic N) is 3. The molecular weight excluding hydrogens is 270 g/mol. The van der Waals surface area contributed by atoms with Crippen molar-refractivity contribution in [1.29, 1.82) is 5.26 Å². The van der Waals surface area contributed by atoms with Gasteiger partial charge < -0.3 is 4.74 Å². The van der Waals surface area contributed by atoms with E-state index in [1.807, 2.05) is 19.1 Å². The van der Waals surface area contributed by atoms with E-state index >= 15 is 0 Å². The number of amides is 1. The molecule has 6 heteroatoms. The summed E-state index contributed by atoms with van der Waals surface area (Å²) in [6, 6.07) is 11.0. The van der Waals surface area contributed by atoms with Gasteiger partial charge in [-0.25, -0.2) is 0 Å². The molecule has 0 aliphatic heterocycles. The number of rotatable bonds is 7. The highest BCUT2D eigenvalue weighted by molar-refractivity contribution is 5.95. The summed E-state index contributed by atoms with van der Waals surface area (Å²) >= 11 is 0. The van der Waals surface area contributed by atoms with E-state index in [1.54, 1.807) is 29.2 Å². The predicted molar refractivity (Wildman–Crippen MR) is 78.5 cm³/mol. The summed E-state index contributed by atoms with van der Waals surface area (Å²) in [5, 5.41) is 8.89. The minimum Gasteiger partial charge on any atom is -0.468 e. The minimum atomic E-state index is -0.392. The standard InChI is InChI=1S/C15H19N3O3/c1-3-17(12-15(20)21-2)11-14(19)18(10-9-16)13-7-5-4-6-8-13/h4-8H,3,10-12H2,1-2H3. The van der Waals surface area contributed by atoms with Crippen molar-refractivity contribution in [2.45, 2.75) is 6.92 Å². The van der Waals surface area contributed by atoms with Crippen LogP contribution in [0.4, 0.5) is 5.69 Å². The van der Waals surface area contributed by atoms with E-state index in [1.165, 1.54) is 12.0 Å². The molecule has 0 aliphatic rings. The third kappa shape index (κ3) is 5.24. The van der Waals surface area contributed by atoms with Crippen molar-refractivity contribution in [1.82, 2.24) is 4.90 Å². The number of hydrogen-bond acceptors (Lipinski definition) is 5. The van der Waals surface area contributed by atoms with Crippen LogP contribution in [-0.4, -0.2) is 50.1 Å². The molecule has 112 valence electrons. The number of benzene rings is 1.